The number of fused-ring (bicyclic) bond motifs is 1. The molecule has 0 aliphatic rings. The van der Waals surface area contributed by atoms with Gasteiger partial charge in [0.2, 0.25) is 0 Å². The predicted molar refractivity (Wildman–Crippen MR) is 66.6 cm³/mol. The number of H-pyrrole nitrogens is 1. The van der Waals surface area contributed by atoms with E-state index in [4.69, 9.17) is 0 Å². The van der Waals surface area contributed by atoms with Gasteiger partial charge in [-0.1, -0.05) is 12.1 Å². The maximum absolute atomic E-state index is 4.66. The number of aromatic amines is 1. The van der Waals surface area contributed by atoms with Crippen LogP contribution in [-0.2, 0) is 0 Å². The molecule has 3 aromatic rings. The number of hydrogen-bond acceptors (Lipinski definition) is 3. The normalized spacial score (nSPS) is 10.9. The fraction of sp³-hybridized carbons (Fsp3) is 0.154. The van der Waals surface area contributed by atoms with Crippen LogP contribution in [0, 0.1) is 13.8 Å². The van der Waals surface area contributed by atoms with Gasteiger partial charge in [-0.15, -0.1) is 0 Å². The van der Waals surface area contributed by atoms with Gasteiger partial charge in [-0.05, 0) is 26.0 Å². The third-order valence-electron chi connectivity index (χ3n) is 2.83. The molecule has 0 fully saturated rings. The molecule has 0 bridgehead atoms. The van der Waals surface area contributed by atoms with Crippen LogP contribution in [0.25, 0.3) is 22.3 Å². The SMILES string of the molecule is Cc1n[nH]cc1-c1nc2ccccc2nc1C. The van der Waals surface area contributed by atoms with Crippen molar-refractivity contribution < 1.29 is 0 Å². The van der Waals surface area contributed by atoms with Crippen molar-refractivity contribution in [3.63, 3.8) is 0 Å². The third-order valence-corrected chi connectivity index (χ3v) is 2.83. The Kier molecular flexibility index (Phi) is 2.14. The number of rotatable bonds is 1. The molecule has 0 amide bonds. The molecule has 0 unspecified atom stereocenters. The molecule has 17 heavy (non-hydrogen) atoms. The molecule has 4 heteroatoms. The van der Waals surface area contributed by atoms with Crippen molar-refractivity contribution >= 4 is 11.0 Å². The van der Waals surface area contributed by atoms with Gasteiger partial charge < -0.3 is 0 Å². The first-order chi connectivity index (χ1) is 8.25. The molecule has 1 aromatic carbocycles. The molecular weight excluding hydrogens is 212 g/mol. The minimum absolute atomic E-state index is 0.898. The Bertz CT molecular complexity index is 685. The van der Waals surface area contributed by atoms with E-state index in [0.717, 1.165) is 33.7 Å². The number of nitrogens with zero attached hydrogens (tertiary/aromatic N) is 3. The minimum atomic E-state index is 0.898. The Morgan fingerprint density at radius 2 is 1.65 bits per heavy atom. The molecule has 2 aromatic heterocycles. The monoisotopic (exact) mass is 224 g/mol. The molecule has 2 heterocycles. The van der Waals surface area contributed by atoms with Crippen molar-refractivity contribution in [1.82, 2.24) is 20.2 Å². The lowest BCUT2D eigenvalue weighted by molar-refractivity contribution is 1.05. The van der Waals surface area contributed by atoms with Crippen LogP contribution in [0.15, 0.2) is 30.5 Å². The zero-order chi connectivity index (χ0) is 11.8. The highest BCUT2D eigenvalue weighted by molar-refractivity contribution is 5.78. The second-order valence-corrected chi connectivity index (χ2v) is 4.03. The van der Waals surface area contributed by atoms with E-state index in [1.807, 2.05) is 44.3 Å². The van der Waals surface area contributed by atoms with Gasteiger partial charge in [0.25, 0.3) is 0 Å². The molecule has 0 aliphatic heterocycles. The lowest BCUT2D eigenvalue weighted by Crippen LogP contribution is -1.94. The van der Waals surface area contributed by atoms with Crippen molar-refractivity contribution in [2.75, 3.05) is 0 Å². The number of nitrogens with one attached hydrogen (secondary N) is 1. The van der Waals surface area contributed by atoms with Crippen molar-refractivity contribution in [3.8, 4) is 11.3 Å². The van der Waals surface area contributed by atoms with Gasteiger partial charge in [0.15, 0.2) is 0 Å². The summed E-state index contributed by atoms with van der Waals surface area (Å²) in [7, 11) is 0. The summed E-state index contributed by atoms with van der Waals surface area (Å²) in [6.07, 6.45) is 1.86. The molecule has 0 spiro atoms. The summed E-state index contributed by atoms with van der Waals surface area (Å²) < 4.78 is 0. The molecule has 84 valence electrons. The molecule has 0 saturated carbocycles. The number of aromatic nitrogens is 4. The van der Waals surface area contributed by atoms with E-state index in [9.17, 15) is 0 Å². The van der Waals surface area contributed by atoms with Gasteiger partial charge in [-0.25, -0.2) is 9.97 Å². The van der Waals surface area contributed by atoms with Crippen LogP contribution in [0.3, 0.4) is 0 Å². The van der Waals surface area contributed by atoms with Crippen molar-refractivity contribution in [1.29, 1.82) is 0 Å². The number of aryl methyl sites for hydroxylation is 2. The summed E-state index contributed by atoms with van der Waals surface area (Å²) in [6.45, 7) is 3.93. The minimum Gasteiger partial charge on any atom is -0.285 e. The van der Waals surface area contributed by atoms with E-state index in [1.54, 1.807) is 0 Å². The van der Waals surface area contributed by atoms with Crippen molar-refractivity contribution in [2.24, 2.45) is 0 Å². The van der Waals surface area contributed by atoms with E-state index < -0.39 is 0 Å². The first-order valence-electron chi connectivity index (χ1n) is 5.50. The quantitative estimate of drug-likeness (QED) is 0.691. The van der Waals surface area contributed by atoms with Crippen molar-refractivity contribution in [3.05, 3.63) is 41.9 Å². The Balaban J connectivity index is 2.30. The molecule has 1 N–H and O–H groups in total. The van der Waals surface area contributed by atoms with Gasteiger partial charge in [-0.3, -0.25) is 5.10 Å². The summed E-state index contributed by atoms with van der Waals surface area (Å²) in [5.74, 6) is 0. The first kappa shape index (κ1) is 9.96. The molecule has 4 nitrogen and oxygen atoms in total. The third kappa shape index (κ3) is 1.58. The molecule has 0 saturated heterocycles. The van der Waals surface area contributed by atoms with Gasteiger partial charge in [0.1, 0.15) is 0 Å². The second-order valence-electron chi connectivity index (χ2n) is 4.03. The fourth-order valence-corrected chi connectivity index (χ4v) is 1.94. The Labute approximate surface area is 98.7 Å². The Hall–Kier alpha value is -2.23. The van der Waals surface area contributed by atoms with Crippen LogP contribution in [0.1, 0.15) is 11.4 Å². The molecule has 0 atom stereocenters. The standard InChI is InChI=1S/C13H12N4/c1-8-10(7-14-17-8)13-9(2)15-11-5-3-4-6-12(11)16-13/h3-7H,1-2H3,(H,14,17). The van der Waals surface area contributed by atoms with Crippen LogP contribution in [0.2, 0.25) is 0 Å². The molecule has 0 aliphatic carbocycles. The highest BCUT2D eigenvalue weighted by Gasteiger charge is 2.11. The number of para-hydroxylation sites is 2. The van der Waals surface area contributed by atoms with Gasteiger partial charge in [-0.2, -0.15) is 5.10 Å². The predicted octanol–water partition coefficient (Wildman–Crippen LogP) is 2.64. The molecular formula is C13H12N4. The smallest absolute Gasteiger partial charge is 0.0956 e. The van der Waals surface area contributed by atoms with Gasteiger partial charge >= 0.3 is 0 Å². The summed E-state index contributed by atoms with van der Waals surface area (Å²) in [4.78, 5) is 9.22. The molecule has 0 radical (unpaired) electrons. The zero-order valence-electron chi connectivity index (χ0n) is 9.73. The summed E-state index contributed by atoms with van der Waals surface area (Å²) >= 11 is 0. The molecule has 3 rings (SSSR count). The largest absolute Gasteiger partial charge is 0.285 e. The van der Waals surface area contributed by atoms with Crippen molar-refractivity contribution in [2.45, 2.75) is 13.8 Å². The lowest BCUT2D eigenvalue weighted by atomic mass is 10.1. The van der Waals surface area contributed by atoms with E-state index in [0.29, 0.717) is 0 Å². The van der Waals surface area contributed by atoms with E-state index in [2.05, 4.69) is 20.2 Å². The first-order valence-corrected chi connectivity index (χ1v) is 5.50. The summed E-state index contributed by atoms with van der Waals surface area (Å²) in [6, 6.07) is 7.89. The van der Waals surface area contributed by atoms with Crippen LogP contribution < -0.4 is 0 Å². The van der Waals surface area contributed by atoms with E-state index in [1.165, 1.54) is 0 Å². The average molecular weight is 224 g/mol. The Morgan fingerprint density at radius 3 is 2.29 bits per heavy atom. The van der Waals surface area contributed by atoms with E-state index >= 15 is 0 Å². The van der Waals surface area contributed by atoms with Gasteiger partial charge in [0, 0.05) is 11.8 Å². The number of benzene rings is 1. The Morgan fingerprint density at radius 1 is 0.941 bits per heavy atom. The maximum Gasteiger partial charge on any atom is 0.0956 e. The van der Waals surface area contributed by atoms with Crippen LogP contribution in [0.4, 0.5) is 0 Å². The second kappa shape index (κ2) is 3.66. The average Bonchev–Trinajstić information content (AvgIpc) is 2.74. The lowest BCUT2D eigenvalue weighted by Gasteiger charge is -2.05. The van der Waals surface area contributed by atoms with Crippen LogP contribution in [0.5, 0.6) is 0 Å². The highest BCUT2D eigenvalue weighted by atomic mass is 15.1. The maximum atomic E-state index is 4.66. The van der Waals surface area contributed by atoms with Crippen LogP contribution >= 0.6 is 0 Å². The van der Waals surface area contributed by atoms with E-state index in [-0.39, 0.29) is 0 Å². The highest BCUT2D eigenvalue weighted by Crippen LogP contribution is 2.24. The van der Waals surface area contributed by atoms with Gasteiger partial charge in [0.05, 0.1) is 28.1 Å². The summed E-state index contributed by atoms with van der Waals surface area (Å²) in [5.41, 5.74) is 5.62. The fourth-order valence-electron chi connectivity index (χ4n) is 1.94. The number of hydrogen-bond donors (Lipinski definition) is 1. The summed E-state index contributed by atoms with van der Waals surface area (Å²) in [5, 5.41) is 6.98. The van der Waals surface area contributed by atoms with Crippen LogP contribution in [-0.4, -0.2) is 20.2 Å². The zero-order valence-corrected chi connectivity index (χ0v) is 9.73. The topological polar surface area (TPSA) is 54.5 Å².